The second-order valence-corrected chi connectivity index (χ2v) is 4.03. The molecule has 1 N–H and O–H groups in total. The Labute approximate surface area is 107 Å². The molecule has 0 bridgehead atoms. The first-order valence-electron chi connectivity index (χ1n) is 5.05. The average Bonchev–Trinajstić information content (AvgIpc) is 2.34. The van der Waals surface area contributed by atoms with Gasteiger partial charge in [-0.1, -0.05) is 23.7 Å². The monoisotopic (exact) mass is 266 g/mol. The first-order chi connectivity index (χ1) is 8.58. The minimum absolute atomic E-state index is 0.0460. The predicted octanol–water partition coefficient (Wildman–Crippen LogP) is 2.56. The Morgan fingerprint density at radius 3 is 2.56 bits per heavy atom. The molecule has 0 saturated carbocycles. The minimum Gasteiger partial charge on any atom is -0.476 e. The van der Waals surface area contributed by atoms with Crippen LogP contribution in [0.15, 0.2) is 30.6 Å². The summed E-state index contributed by atoms with van der Waals surface area (Å²) in [6.45, 7) is 0. The molecule has 0 aliphatic carbocycles. The Balaban J connectivity index is 2.32. The van der Waals surface area contributed by atoms with Gasteiger partial charge in [0.05, 0.1) is 5.69 Å². The van der Waals surface area contributed by atoms with E-state index < -0.39 is 17.5 Å². The number of halogens is 2. The Hall–Kier alpha value is -2.01. The van der Waals surface area contributed by atoms with Gasteiger partial charge in [0, 0.05) is 11.4 Å². The molecule has 0 spiro atoms. The van der Waals surface area contributed by atoms with Gasteiger partial charge in [-0.05, 0) is 17.7 Å². The number of carboxylic acid groups (broad SMARTS) is 1. The van der Waals surface area contributed by atoms with Crippen molar-refractivity contribution in [2.45, 2.75) is 6.42 Å². The van der Waals surface area contributed by atoms with Crippen molar-refractivity contribution in [3.63, 3.8) is 0 Å². The van der Waals surface area contributed by atoms with Crippen LogP contribution in [0.4, 0.5) is 4.39 Å². The third-order valence-corrected chi connectivity index (χ3v) is 2.60. The largest absolute Gasteiger partial charge is 0.476 e. The van der Waals surface area contributed by atoms with Crippen molar-refractivity contribution in [1.29, 1.82) is 0 Å². The van der Waals surface area contributed by atoms with Crippen molar-refractivity contribution in [1.82, 2.24) is 9.97 Å². The van der Waals surface area contributed by atoms with Crippen molar-refractivity contribution in [2.75, 3.05) is 0 Å². The highest BCUT2D eigenvalue weighted by Crippen LogP contribution is 2.15. The van der Waals surface area contributed by atoms with Crippen molar-refractivity contribution >= 4 is 17.6 Å². The molecule has 0 atom stereocenters. The van der Waals surface area contributed by atoms with Crippen LogP contribution in [0.3, 0.4) is 0 Å². The maximum Gasteiger partial charge on any atom is 0.357 e. The summed E-state index contributed by atoms with van der Waals surface area (Å²) in [7, 11) is 0. The van der Waals surface area contributed by atoms with Gasteiger partial charge in [-0.25, -0.2) is 19.2 Å². The lowest BCUT2D eigenvalue weighted by atomic mass is 10.1. The number of hydrogen-bond acceptors (Lipinski definition) is 3. The summed E-state index contributed by atoms with van der Waals surface area (Å²) in [6, 6.07) is 6.80. The van der Waals surface area contributed by atoms with Gasteiger partial charge in [0.15, 0.2) is 11.5 Å². The number of aromatic carboxylic acids is 1. The van der Waals surface area contributed by atoms with Gasteiger partial charge in [-0.3, -0.25) is 0 Å². The number of rotatable bonds is 3. The molecule has 6 heteroatoms. The summed E-state index contributed by atoms with van der Waals surface area (Å²) in [5.74, 6) is -2.31. The lowest BCUT2D eigenvalue weighted by Crippen LogP contribution is -2.09. The van der Waals surface area contributed by atoms with Crippen LogP contribution in [-0.4, -0.2) is 21.0 Å². The van der Waals surface area contributed by atoms with Crippen LogP contribution in [0.25, 0.3) is 0 Å². The molecular formula is C12H8ClFN2O2. The van der Waals surface area contributed by atoms with Gasteiger partial charge in [-0.15, -0.1) is 0 Å². The summed E-state index contributed by atoms with van der Waals surface area (Å²) in [5.41, 5.74) is 0.215. The number of nitrogens with zero attached hydrogens (tertiary/aromatic N) is 2. The van der Waals surface area contributed by atoms with Crippen LogP contribution in [0.2, 0.25) is 5.02 Å². The molecule has 0 radical (unpaired) electrons. The number of hydrogen-bond donors (Lipinski definition) is 1. The number of benzene rings is 1. The first kappa shape index (κ1) is 12.4. The molecule has 4 nitrogen and oxygen atoms in total. The zero-order valence-corrected chi connectivity index (χ0v) is 9.86. The molecule has 1 heterocycles. The van der Waals surface area contributed by atoms with E-state index in [1.165, 1.54) is 0 Å². The highest BCUT2D eigenvalue weighted by Gasteiger charge is 2.16. The minimum atomic E-state index is -1.41. The topological polar surface area (TPSA) is 63.1 Å². The van der Waals surface area contributed by atoms with Crippen LogP contribution in [0, 0.1) is 5.82 Å². The third kappa shape index (κ3) is 2.62. The maximum absolute atomic E-state index is 13.8. The van der Waals surface area contributed by atoms with Gasteiger partial charge in [0.1, 0.15) is 6.33 Å². The van der Waals surface area contributed by atoms with Crippen molar-refractivity contribution in [2.24, 2.45) is 0 Å². The zero-order chi connectivity index (χ0) is 13.1. The van der Waals surface area contributed by atoms with E-state index >= 15 is 0 Å². The number of carboxylic acids is 1. The molecule has 0 saturated heterocycles. The summed E-state index contributed by atoms with van der Waals surface area (Å²) >= 11 is 5.74. The van der Waals surface area contributed by atoms with Crippen LogP contribution < -0.4 is 0 Å². The number of aromatic nitrogens is 2. The van der Waals surface area contributed by atoms with E-state index in [-0.39, 0.29) is 12.1 Å². The van der Waals surface area contributed by atoms with Crippen LogP contribution in [-0.2, 0) is 6.42 Å². The van der Waals surface area contributed by atoms with E-state index in [1.54, 1.807) is 24.3 Å². The van der Waals surface area contributed by atoms with E-state index in [0.29, 0.717) is 5.02 Å². The number of carbonyl (C=O) groups is 1. The van der Waals surface area contributed by atoms with E-state index in [9.17, 15) is 9.18 Å². The smallest absolute Gasteiger partial charge is 0.357 e. The fraction of sp³-hybridized carbons (Fsp3) is 0.0833. The van der Waals surface area contributed by atoms with E-state index in [4.69, 9.17) is 16.7 Å². The summed E-state index contributed by atoms with van der Waals surface area (Å²) < 4.78 is 13.8. The van der Waals surface area contributed by atoms with Crippen molar-refractivity contribution < 1.29 is 14.3 Å². The molecule has 2 aromatic rings. The summed E-state index contributed by atoms with van der Waals surface area (Å²) in [4.78, 5) is 17.9. The van der Waals surface area contributed by atoms with E-state index in [2.05, 4.69) is 9.97 Å². The highest BCUT2D eigenvalue weighted by molar-refractivity contribution is 6.30. The summed E-state index contributed by atoms with van der Waals surface area (Å²) in [5, 5.41) is 9.32. The van der Waals surface area contributed by atoms with Crippen molar-refractivity contribution in [3.8, 4) is 0 Å². The quantitative estimate of drug-likeness (QED) is 0.927. The molecule has 0 aliphatic rings. The third-order valence-electron chi connectivity index (χ3n) is 2.35. The Morgan fingerprint density at radius 1 is 1.28 bits per heavy atom. The van der Waals surface area contributed by atoms with Crippen molar-refractivity contribution in [3.05, 3.63) is 58.4 Å². The molecule has 0 fully saturated rings. The van der Waals surface area contributed by atoms with E-state index in [0.717, 1.165) is 11.9 Å². The second kappa shape index (κ2) is 5.10. The van der Waals surface area contributed by atoms with Gasteiger partial charge < -0.3 is 5.11 Å². The molecule has 2 rings (SSSR count). The molecule has 1 aromatic carbocycles. The molecule has 0 aliphatic heterocycles. The fourth-order valence-electron chi connectivity index (χ4n) is 1.47. The van der Waals surface area contributed by atoms with Gasteiger partial charge >= 0.3 is 5.97 Å². The summed E-state index contributed by atoms with van der Waals surface area (Å²) in [6.07, 6.45) is 1.23. The molecule has 18 heavy (non-hydrogen) atoms. The van der Waals surface area contributed by atoms with Crippen LogP contribution in [0.5, 0.6) is 0 Å². The van der Waals surface area contributed by atoms with Gasteiger partial charge in [0.2, 0.25) is 0 Å². The normalized spacial score (nSPS) is 10.3. The van der Waals surface area contributed by atoms with E-state index in [1.807, 2.05) is 0 Å². The van der Waals surface area contributed by atoms with Gasteiger partial charge in [-0.2, -0.15) is 0 Å². The standard InChI is InChI=1S/C12H8ClFN2O2/c13-8-3-1-7(2-4-8)5-9-10(14)11(12(17)18)16-6-15-9/h1-4,6H,5H2,(H,17,18). The molecule has 0 unspecified atom stereocenters. The fourth-order valence-corrected chi connectivity index (χ4v) is 1.60. The second-order valence-electron chi connectivity index (χ2n) is 3.59. The Bertz CT molecular complexity index is 587. The average molecular weight is 267 g/mol. The Morgan fingerprint density at radius 2 is 1.94 bits per heavy atom. The molecular weight excluding hydrogens is 259 g/mol. The molecule has 92 valence electrons. The highest BCUT2D eigenvalue weighted by atomic mass is 35.5. The maximum atomic E-state index is 13.8. The first-order valence-corrected chi connectivity index (χ1v) is 5.43. The molecule has 0 amide bonds. The SMILES string of the molecule is O=C(O)c1ncnc(Cc2ccc(Cl)cc2)c1F. The molecule has 1 aromatic heterocycles. The lowest BCUT2D eigenvalue weighted by molar-refractivity contribution is 0.0684. The van der Waals surface area contributed by atoms with Crippen LogP contribution >= 0.6 is 11.6 Å². The lowest BCUT2D eigenvalue weighted by Gasteiger charge is -2.04. The van der Waals surface area contributed by atoms with Crippen LogP contribution in [0.1, 0.15) is 21.7 Å². The van der Waals surface area contributed by atoms with Gasteiger partial charge in [0.25, 0.3) is 0 Å². The zero-order valence-electron chi connectivity index (χ0n) is 9.10. The Kier molecular flexibility index (Phi) is 3.53. The predicted molar refractivity (Wildman–Crippen MR) is 63.2 cm³/mol.